The molecule has 0 spiro atoms. The largest absolute Gasteiger partial charge is 0.463 e. The van der Waals surface area contributed by atoms with Crippen LogP contribution in [0.2, 0.25) is 0 Å². The summed E-state index contributed by atoms with van der Waals surface area (Å²) in [6, 6.07) is 8.32. The van der Waals surface area contributed by atoms with Crippen LogP contribution in [-0.4, -0.2) is 42.1 Å². The topological polar surface area (TPSA) is 105 Å². The summed E-state index contributed by atoms with van der Waals surface area (Å²) in [5, 5.41) is 14.7. The molecule has 0 bridgehead atoms. The number of rotatable bonds is 16. The van der Waals surface area contributed by atoms with Crippen molar-refractivity contribution in [3.63, 3.8) is 0 Å². The Hall–Kier alpha value is -2.93. The maximum Gasteiger partial charge on any atom is 0.305 e. The van der Waals surface area contributed by atoms with Crippen LogP contribution in [0.5, 0.6) is 0 Å². The predicted octanol–water partition coefficient (Wildman–Crippen LogP) is 3.21. The first kappa shape index (κ1) is 27.1. The molecular formula is C25H36N2O5. The smallest absolute Gasteiger partial charge is 0.305 e. The zero-order valence-electron chi connectivity index (χ0n) is 18.9. The molecule has 1 aromatic rings. The first-order valence-electron chi connectivity index (χ1n) is 11.0. The minimum atomic E-state index is -0.626. The fourth-order valence-electron chi connectivity index (χ4n) is 3.09. The van der Waals surface area contributed by atoms with E-state index in [0.29, 0.717) is 12.8 Å². The van der Waals surface area contributed by atoms with Gasteiger partial charge in [-0.05, 0) is 38.2 Å². The molecule has 2 amide bonds. The molecule has 0 fully saturated rings. The molecule has 3 N–H and O–H groups in total. The van der Waals surface area contributed by atoms with Gasteiger partial charge in [0, 0.05) is 18.9 Å². The van der Waals surface area contributed by atoms with Gasteiger partial charge in [-0.15, -0.1) is 13.2 Å². The molecule has 0 radical (unpaired) electrons. The third-order valence-corrected chi connectivity index (χ3v) is 4.90. The van der Waals surface area contributed by atoms with Crippen molar-refractivity contribution in [1.82, 2.24) is 10.6 Å². The number of hydrogen-bond donors (Lipinski definition) is 3. The molecule has 1 rings (SSSR count). The number of esters is 1. The lowest BCUT2D eigenvalue weighted by molar-refractivity contribution is -0.145. The van der Waals surface area contributed by atoms with Crippen LogP contribution in [0.15, 0.2) is 55.6 Å². The van der Waals surface area contributed by atoms with Crippen LogP contribution in [0, 0.1) is 5.92 Å². The fraction of sp³-hybridized carbons (Fsp3) is 0.480. The number of nitrogens with one attached hydrogen (secondary N) is 2. The van der Waals surface area contributed by atoms with Gasteiger partial charge in [-0.25, -0.2) is 0 Å². The lowest BCUT2D eigenvalue weighted by atomic mass is 9.98. The van der Waals surface area contributed by atoms with E-state index < -0.39 is 18.0 Å². The molecule has 7 nitrogen and oxygen atoms in total. The van der Waals surface area contributed by atoms with Crippen molar-refractivity contribution in [1.29, 1.82) is 0 Å². The fourth-order valence-corrected chi connectivity index (χ4v) is 3.09. The SMILES string of the molecule is C=CCCCCC(=O)OC[C@@H](NC(=O)[C@H](CC=C)CC(=O)N[C@H](C)CO)c1ccccc1. The summed E-state index contributed by atoms with van der Waals surface area (Å²) < 4.78 is 5.42. The number of amides is 2. The maximum absolute atomic E-state index is 13.0. The van der Waals surface area contributed by atoms with E-state index in [1.54, 1.807) is 13.0 Å². The molecule has 3 atom stereocenters. The molecule has 0 aliphatic heterocycles. The number of benzene rings is 1. The number of hydrogen-bond acceptors (Lipinski definition) is 5. The van der Waals surface area contributed by atoms with Gasteiger partial charge in [-0.1, -0.05) is 42.5 Å². The highest BCUT2D eigenvalue weighted by Gasteiger charge is 2.25. The lowest BCUT2D eigenvalue weighted by Gasteiger charge is -2.23. The third kappa shape index (κ3) is 10.9. The van der Waals surface area contributed by atoms with E-state index in [-0.39, 0.29) is 37.4 Å². The Morgan fingerprint density at radius 3 is 2.44 bits per heavy atom. The van der Waals surface area contributed by atoms with E-state index in [0.717, 1.165) is 24.8 Å². The summed E-state index contributed by atoms with van der Waals surface area (Å²) in [7, 11) is 0. The normalized spacial score (nSPS) is 13.3. The quantitative estimate of drug-likeness (QED) is 0.206. The number of carbonyl (C=O) groups excluding carboxylic acids is 3. The molecule has 0 unspecified atom stereocenters. The second-order valence-corrected chi connectivity index (χ2v) is 7.77. The van der Waals surface area contributed by atoms with Crippen molar-refractivity contribution < 1.29 is 24.2 Å². The number of carbonyl (C=O) groups is 3. The molecule has 0 aromatic heterocycles. The van der Waals surface area contributed by atoms with Crippen LogP contribution in [0.1, 0.15) is 57.1 Å². The van der Waals surface area contributed by atoms with Gasteiger partial charge in [0.15, 0.2) is 0 Å². The number of aliphatic hydroxyl groups excluding tert-OH is 1. The van der Waals surface area contributed by atoms with Crippen LogP contribution < -0.4 is 10.6 Å². The van der Waals surface area contributed by atoms with Crippen LogP contribution in [0.3, 0.4) is 0 Å². The first-order chi connectivity index (χ1) is 15.4. The zero-order valence-corrected chi connectivity index (χ0v) is 18.9. The Morgan fingerprint density at radius 2 is 1.81 bits per heavy atom. The molecule has 32 heavy (non-hydrogen) atoms. The highest BCUT2D eigenvalue weighted by atomic mass is 16.5. The summed E-state index contributed by atoms with van der Waals surface area (Å²) in [4.78, 5) is 37.3. The summed E-state index contributed by atoms with van der Waals surface area (Å²) in [5.41, 5.74) is 0.802. The number of unbranched alkanes of at least 4 members (excludes halogenated alkanes) is 2. The minimum absolute atomic E-state index is 0.00456. The van der Waals surface area contributed by atoms with Gasteiger partial charge < -0.3 is 20.5 Å². The second kappa shape index (κ2) is 15.8. The first-order valence-corrected chi connectivity index (χ1v) is 11.0. The number of ether oxygens (including phenoxy) is 1. The zero-order chi connectivity index (χ0) is 23.8. The standard InChI is InChI=1S/C25H36N2O5/c1-4-6-7-11-15-24(30)32-18-22(20-13-9-8-10-14-20)27-25(31)21(12-5-2)16-23(29)26-19(3)17-28/h4-5,8-10,13-14,19,21-22,28H,1-2,6-7,11-12,15-18H2,3H3,(H,26,29)(H,27,31)/t19-,21-,22-/m1/s1. The molecule has 0 saturated carbocycles. The Morgan fingerprint density at radius 1 is 1.09 bits per heavy atom. The van der Waals surface area contributed by atoms with Gasteiger partial charge in [0.25, 0.3) is 0 Å². The molecule has 0 heterocycles. The molecular weight excluding hydrogens is 408 g/mol. The monoisotopic (exact) mass is 444 g/mol. The Bertz CT molecular complexity index is 735. The van der Waals surface area contributed by atoms with Crippen molar-refractivity contribution in [3.8, 4) is 0 Å². The summed E-state index contributed by atoms with van der Waals surface area (Å²) in [6.07, 6.45) is 6.44. The van der Waals surface area contributed by atoms with Gasteiger partial charge >= 0.3 is 5.97 Å². The predicted molar refractivity (Wildman–Crippen MR) is 125 cm³/mol. The molecule has 0 saturated heterocycles. The average molecular weight is 445 g/mol. The van der Waals surface area contributed by atoms with Crippen LogP contribution in [0.4, 0.5) is 0 Å². The molecule has 7 heteroatoms. The van der Waals surface area contributed by atoms with E-state index >= 15 is 0 Å². The molecule has 1 aromatic carbocycles. The molecule has 176 valence electrons. The minimum Gasteiger partial charge on any atom is -0.463 e. The molecule has 0 aliphatic rings. The van der Waals surface area contributed by atoms with Crippen molar-refractivity contribution in [2.24, 2.45) is 5.92 Å². The average Bonchev–Trinajstić information content (AvgIpc) is 2.79. The maximum atomic E-state index is 13.0. The Kier molecular flexibility index (Phi) is 13.4. The Labute approximate surface area is 190 Å². The van der Waals surface area contributed by atoms with Gasteiger partial charge in [0.1, 0.15) is 6.61 Å². The Balaban J connectivity index is 2.78. The number of aliphatic hydroxyl groups is 1. The van der Waals surface area contributed by atoms with Crippen molar-refractivity contribution in [2.45, 2.75) is 57.5 Å². The highest BCUT2D eigenvalue weighted by molar-refractivity contribution is 5.86. The number of allylic oxidation sites excluding steroid dienone is 2. The van der Waals surface area contributed by atoms with Crippen molar-refractivity contribution >= 4 is 17.8 Å². The highest BCUT2D eigenvalue weighted by Crippen LogP contribution is 2.17. The van der Waals surface area contributed by atoms with Gasteiger partial charge in [0.05, 0.1) is 18.6 Å². The molecule has 0 aliphatic carbocycles. The van der Waals surface area contributed by atoms with Crippen molar-refractivity contribution in [3.05, 3.63) is 61.2 Å². The van der Waals surface area contributed by atoms with E-state index in [1.807, 2.05) is 36.4 Å². The van der Waals surface area contributed by atoms with E-state index in [2.05, 4.69) is 23.8 Å². The van der Waals surface area contributed by atoms with Gasteiger partial charge in [-0.2, -0.15) is 0 Å². The van der Waals surface area contributed by atoms with Gasteiger partial charge in [-0.3, -0.25) is 14.4 Å². The summed E-state index contributed by atoms with van der Waals surface area (Å²) in [5.74, 6) is -1.59. The van der Waals surface area contributed by atoms with E-state index in [9.17, 15) is 14.4 Å². The summed E-state index contributed by atoms with van der Waals surface area (Å²) in [6.45, 7) is 8.84. The van der Waals surface area contributed by atoms with Crippen LogP contribution in [-0.2, 0) is 19.1 Å². The van der Waals surface area contributed by atoms with Crippen LogP contribution in [0.25, 0.3) is 0 Å². The van der Waals surface area contributed by atoms with E-state index in [1.165, 1.54) is 0 Å². The second-order valence-electron chi connectivity index (χ2n) is 7.77. The van der Waals surface area contributed by atoms with Crippen LogP contribution >= 0.6 is 0 Å². The third-order valence-electron chi connectivity index (χ3n) is 4.90. The van der Waals surface area contributed by atoms with Gasteiger partial charge in [0.2, 0.25) is 11.8 Å². The van der Waals surface area contributed by atoms with E-state index in [4.69, 9.17) is 9.84 Å². The summed E-state index contributed by atoms with van der Waals surface area (Å²) >= 11 is 0. The van der Waals surface area contributed by atoms with Crippen molar-refractivity contribution in [2.75, 3.05) is 13.2 Å². The lowest BCUT2D eigenvalue weighted by Crippen LogP contribution is -2.40.